The lowest BCUT2D eigenvalue weighted by Gasteiger charge is -2.26. The number of benzene rings is 2. The average molecular weight is 548 g/mol. The van der Waals surface area contributed by atoms with Gasteiger partial charge in [-0.05, 0) is 60.6 Å². The normalized spacial score (nSPS) is 15.2. The lowest BCUT2D eigenvalue weighted by molar-refractivity contribution is -0.137. The second-order valence-corrected chi connectivity index (χ2v) is 10.6. The molecule has 3 aromatic rings. The van der Waals surface area contributed by atoms with Crippen molar-refractivity contribution < 1.29 is 23.8 Å². The Morgan fingerprint density at radius 2 is 1.87 bits per heavy atom. The fourth-order valence-corrected chi connectivity index (χ4v) is 6.03. The topological polar surface area (TPSA) is 89.5 Å². The smallest absolute Gasteiger partial charge is 0.260 e. The Hall–Kier alpha value is -3.69. The SMILES string of the molecule is COc1cc(C=Nc2sc3c(c2C(=O)NCc2ccccc2)CCCC3)ccc1OCC(=O)N1CCOCC1. The number of amides is 2. The van der Waals surface area contributed by atoms with Gasteiger partial charge in [0.1, 0.15) is 5.00 Å². The van der Waals surface area contributed by atoms with Crippen LogP contribution in [0.3, 0.4) is 0 Å². The van der Waals surface area contributed by atoms with Gasteiger partial charge in [-0.2, -0.15) is 0 Å². The molecule has 2 aliphatic rings. The number of morpholine rings is 1. The highest BCUT2D eigenvalue weighted by Gasteiger charge is 2.25. The van der Waals surface area contributed by atoms with E-state index in [2.05, 4.69) is 5.32 Å². The van der Waals surface area contributed by atoms with Gasteiger partial charge in [0.2, 0.25) is 0 Å². The second kappa shape index (κ2) is 12.9. The van der Waals surface area contributed by atoms with Crippen LogP contribution in [-0.4, -0.2) is 62.9 Å². The van der Waals surface area contributed by atoms with Gasteiger partial charge in [-0.15, -0.1) is 11.3 Å². The summed E-state index contributed by atoms with van der Waals surface area (Å²) in [6, 6.07) is 15.4. The van der Waals surface area contributed by atoms with Crippen LogP contribution in [0.25, 0.3) is 0 Å². The first-order valence-electron chi connectivity index (χ1n) is 13.3. The van der Waals surface area contributed by atoms with Crippen LogP contribution >= 0.6 is 11.3 Å². The van der Waals surface area contributed by atoms with Gasteiger partial charge in [0.05, 0.1) is 25.9 Å². The molecule has 1 aliphatic heterocycles. The summed E-state index contributed by atoms with van der Waals surface area (Å²) in [6.45, 7) is 2.66. The first-order chi connectivity index (χ1) is 19.1. The third-order valence-electron chi connectivity index (χ3n) is 6.91. The molecule has 0 atom stereocenters. The highest BCUT2D eigenvalue weighted by atomic mass is 32.1. The summed E-state index contributed by atoms with van der Waals surface area (Å²) in [5.74, 6) is 0.839. The summed E-state index contributed by atoms with van der Waals surface area (Å²) in [5, 5.41) is 3.81. The summed E-state index contributed by atoms with van der Waals surface area (Å²) >= 11 is 1.60. The number of carbonyl (C=O) groups excluding carboxylic acids is 2. The monoisotopic (exact) mass is 547 g/mol. The van der Waals surface area contributed by atoms with Gasteiger partial charge in [0.25, 0.3) is 11.8 Å². The van der Waals surface area contributed by atoms with Crippen LogP contribution in [0.1, 0.15) is 44.8 Å². The van der Waals surface area contributed by atoms with Crippen LogP contribution in [0, 0.1) is 0 Å². The van der Waals surface area contributed by atoms with Crippen molar-refractivity contribution in [1.82, 2.24) is 10.2 Å². The van der Waals surface area contributed by atoms with Gasteiger partial charge in [-0.25, -0.2) is 4.99 Å². The zero-order chi connectivity index (χ0) is 27.0. The van der Waals surface area contributed by atoms with E-state index >= 15 is 0 Å². The maximum absolute atomic E-state index is 13.3. The molecular weight excluding hydrogens is 514 g/mol. The number of thiophene rings is 1. The number of nitrogens with zero attached hydrogens (tertiary/aromatic N) is 2. The van der Waals surface area contributed by atoms with E-state index in [1.165, 1.54) is 4.88 Å². The zero-order valence-corrected chi connectivity index (χ0v) is 22.9. The van der Waals surface area contributed by atoms with Gasteiger partial charge >= 0.3 is 0 Å². The van der Waals surface area contributed by atoms with Crippen molar-refractivity contribution in [2.75, 3.05) is 40.0 Å². The molecule has 2 amide bonds. The molecule has 1 N–H and O–H groups in total. The van der Waals surface area contributed by atoms with Gasteiger partial charge in [-0.1, -0.05) is 30.3 Å². The van der Waals surface area contributed by atoms with Crippen molar-refractivity contribution in [2.45, 2.75) is 32.2 Å². The van der Waals surface area contributed by atoms with Crippen LogP contribution in [-0.2, 0) is 28.9 Å². The van der Waals surface area contributed by atoms with E-state index in [4.69, 9.17) is 19.2 Å². The molecule has 39 heavy (non-hydrogen) atoms. The fourth-order valence-electron chi connectivity index (χ4n) is 4.80. The van der Waals surface area contributed by atoms with Gasteiger partial charge in [0.15, 0.2) is 18.1 Å². The van der Waals surface area contributed by atoms with Gasteiger partial charge in [-0.3, -0.25) is 9.59 Å². The third-order valence-corrected chi connectivity index (χ3v) is 8.11. The Balaban J connectivity index is 1.30. The molecule has 9 heteroatoms. The summed E-state index contributed by atoms with van der Waals surface area (Å²) in [7, 11) is 1.56. The van der Waals surface area contributed by atoms with Crippen molar-refractivity contribution in [3.63, 3.8) is 0 Å². The van der Waals surface area contributed by atoms with Gasteiger partial charge < -0.3 is 24.4 Å². The molecule has 0 radical (unpaired) electrons. The Labute approximate surface area is 232 Å². The van der Waals surface area contributed by atoms with Gasteiger partial charge in [0, 0.05) is 30.7 Å². The number of fused-ring (bicyclic) bond motifs is 1. The largest absolute Gasteiger partial charge is 0.493 e. The van der Waals surface area contributed by atoms with E-state index in [9.17, 15) is 9.59 Å². The summed E-state index contributed by atoms with van der Waals surface area (Å²) < 4.78 is 16.6. The van der Waals surface area contributed by atoms with Crippen LogP contribution in [0.5, 0.6) is 11.5 Å². The Bertz CT molecular complexity index is 1330. The number of hydrogen-bond acceptors (Lipinski definition) is 7. The molecule has 1 saturated heterocycles. The van der Waals surface area contributed by atoms with Crippen LogP contribution in [0.4, 0.5) is 5.00 Å². The molecule has 0 spiro atoms. The maximum Gasteiger partial charge on any atom is 0.260 e. The van der Waals surface area contributed by atoms with Crippen molar-refractivity contribution in [2.24, 2.45) is 4.99 Å². The number of nitrogens with one attached hydrogen (secondary N) is 1. The maximum atomic E-state index is 13.3. The molecule has 5 rings (SSSR count). The summed E-state index contributed by atoms with van der Waals surface area (Å²) in [4.78, 5) is 33.5. The van der Waals surface area contributed by atoms with Crippen LogP contribution < -0.4 is 14.8 Å². The minimum absolute atomic E-state index is 0.0635. The number of methoxy groups -OCH3 is 1. The predicted molar refractivity (Wildman–Crippen MR) is 152 cm³/mol. The van der Waals surface area contributed by atoms with Crippen molar-refractivity contribution in [3.8, 4) is 11.5 Å². The molecule has 0 bridgehead atoms. The average Bonchev–Trinajstić information content (AvgIpc) is 3.37. The standard InChI is InChI=1S/C30H33N3O5S/c1-36-25-17-22(11-12-24(25)38-20-27(34)33-13-15-37-16-14-33)19-32-30-28(23-9-5-6-10-26(23)39-30)29(35)31-18-21-7-3-2-4-8-21/h2-4,7-8,11-12,17,19H,5-6,9-10,13-16,18,20H2,1H3,(H,31,35). The molecule has 8 nitrogen and oxygen atoms in total. The number of carbonyl (C=O) groups is 2. The van der Waals surface area contributed by atoms with Crippen LogP contribution in [0.15, 0.2) is 53.5 Å². The number of aryl methyl sites for hydroxylation is 1. The molecule has 1 aromatic heterocycles. The van der Waals surface area contributed by atoms with E-state index < -0.39 is 0 Å². The zero-order valence-electron chi connectivity index (χ0n) is 22.1. The highest BCUT2D eigenvalue weighted by molar-refractivity contribution is 7.16. The first kappa shape index (κ1) is 26.9. The van der Waals surface area contributed by atoms with E-state index in [-0.39, 0.29) is 18.4 Å². The number of ether oxygens (including phenoxy) is 3. The van der Waals surface area contributed by atoms with E-state index in [0.29, 0.717) is 49.9 Å². The number of rotatable bonds is 9. The first-order valence-corrected chi connectivity index (χ1v) is 14.1. The molecule has 2 heterocycles. The molecule has 1 fully saturated rings. The van der Waals surface area contributed by atoms with Crippen LogP contribution in [0.2, 0.25) is 0 Å². The lowest BCUT2D eigenvalue weighted by atomic mass is 9.95. The Morgan fingerprint density at radius 3 is 2.67 bits per heavy atom. The Kier molecular flexibility index (Phi) is 8.90. The quantitative estimate of drug-likeness (QED) is 0.397. The van der Waals surface area contributed by atoms with E-state index in [1.54, 1.807) is 35.6 Å². The van der Waals surface area contributed by atoms with Crippen molar-refractivity contribution in [1.29, 1.82) is 0 Å². The van der Waals surface area contributed by atoms with E-state index in [1.807, 2.05) is 42.5 Å². The Morgan fingerprint density at radius 1 is 1.08 bits per heavy atom. The highest BCUT2D eigenvalue weighted by Crippen LogP contribution is 2.40. The minimum Gasteiger partial charge on any atom is -0.493 e. The second-order valence-electron chi connectivity index (χ2n) is 9.51. The molecule has 204 valence electrons. The predicted octanol–water partition coefficient (Wildman–Crippen LogP) is 4.55. The van der Waals surface area contributed by atoms with Crippen molar-refractivity contribution in [3.05, 3.63) is 75.7 Å². The summed E-state index contributed by atoms with van der Waals surface area (Å²) in [5.41, 5.74) is 3.69. The molecule has 2 aromatic carbocycles. The molecule has 0 unspecified atom stereocenters. The lowest BCUT2D eigenvalue weighted by Crippen LogP contribution is -2.43. The third kappa shape index (κ3) is 6.66. The summed E-state index contributed by atoms with van der Waals surface area (Å²) in [6.07, 6.45) is 5.85. The van der Waals surface area contributed by atoms with Crippen molar-refractivity contribution >= 4 is 34.4 Å². The molecular formula is C30H33N3O5S. The molecule has 0 saturated carbocycles. The number of aliphatic imine (C=N–C) groups is 1. The fraction of sp³-hybridized carbons (Fsp3) is 0.367. The minimum atomic E-state index is -0.0864. The van der Waals surface area contributed by atoms with E-state index in [0.717, 1.165) is 47.4 Å². The molecule has 1 aliphatic carbocycles. The number of hydrogen-bond donors (Lipinski definition) is 1.